The van der Waals surface area contributed by atoms with Crippen LogP contribution in [-0.4, -0.2) is 34.0 Å². The van der Waals surface area contributed by atoms with Gasteiger partial charge in [0, 0.05) is 18.6 Å². The maximum atomic E-state index is 13.0. The first-order chi connectivity index (χ1) is 8.91. The van der Waals surface area contributed by atoms with Gasteiger partial charge in [-0.3, -0.25) is 4.68 Å². The highest BCUT2D eigenvalue weighted by Crippen LogP contribution is 2.36. The zero-order valence-electron chi connectivity index (χ0n) is 12.8. The fourth-order valence-electron chi connectivity index (χ4n) is 2.10. The fraction of sp³-hybridized carbons (Fsp3) is 0.769. The first kappa shape index (κ1) is 15.4. The molecule has 0 amide bonds. The molecule has 0 saturated carbocycles. The van der Waals surface area contributed by atoms with Gasteiger partial charge in [-0.2, -0.15) is 5.10 Å². The van der Waals surface area contributed by atoms with E-state index in [1.54, 1.807) is 13.1 Å². The van der Waals surface area contributed by atoms with Gasteiger partial charge in [0.05, 0.1) is 16.9 Å². The van der Waals surface area contributed by atoms with Crippen LogP contribution in [0.2, 0.25) is 0 Å². The molecule has 1 aromatic rings. The molecule has 0 aliphatic carbocycles. The van der Waals surface area contributed by atoms with Gasteiger partial charge in [0.2, 0.25) is 0 Å². The van der Waals surface area contributed by atoms with Crippen LogP contribution in [0.4, 0.5) is 8.78 Å². The number of nitrogens with zero attached hydrogens (tertiary/aromatic N) is 2. The average Bonchev–Trinajstić information content (AvgIpc) is 2.63. The number of rotatable bonds is 3. The zero-order valence-corrected chi connectivity index (χ0v) is 12.8. The van der Waals surface area contributed by atoms with Crippen LogP contribution >= 0.6 is 0 Å². The van der Waals surface area contributed by atoms with Gasteiger partial charge >= 0.3 is 7.12 Å². The van der Waals surface area contributed by atoms with Crippen molar-refractivity contribution in [1.82, 2.24) is 9.78 Å². The van der Waals surface area contributed by atoms with Crippen LogP contribution in [0, 0.1) is 6.92 Å². The van der Waals surface area contributed by atoms with Crippen LogP contribution in [0.1, 0.15) is 40.3 Å². The molecule has 4 nitrogen and oxygen atoms in total. The minimum Gasteiger partial charge on any atom is -0.399 e. The monoisotopic (exact) mass is 286 g/mol. The summed E-state index contributed by atoms with van der Waals surface area (Å²) in [6.45, 7) is 10.00. The Balaban J connectivity index is 2.23. The number of alkyl halides is 2. The van der Waals surface area contributed by atoms with E-state index < -0.39 is 30.8 Å². The molecule has 0 spiro atoms. The minimum atomic E-state index is -2.80. The first-order valence-corrected chi connectivity index (χ1v) is 6.69. The van der Waals surface area contributed by atoms with Gasteiger partial charge in [-0.1, -0.05) is 0 Å². The zero-order chi connectivity index (χ0) is 15.3. The normalized spacial score (nSPS) is 21.5. The van der Waals surface area contributed by atoms with E-state index in [4.69, 9.17) is 9.31 Å². The molecule has 20 heavy (non-hydrogen) atoms. The van der Waals surface area contributed by atoms with Gasteiger partial charge < -0.3 is 9.31 Å². The van der Waals surface area contributed by atoms with Crippen LogP contribution in [0.25, 0.3) is 0 Å². The van der Waals surface area contributed by atoms with Crippen molar-refractivity contribution in [2.45, 2.75) is 65.2 Å². The Morgan fingerprint density at radius 2 is 1.75 bits per heavy atom. The quantitative estimate of drug-likeness (QED) is 0.799. The van der Waals surface area contributed by atoms with E-state index in [0.29, 0.717) is 11.2 Å². The largest absolute Gasteiger partial charge is 0.498 e. The standard InChI is InChI=1S/C13H21BF2N2O2/c1-9-10(7-18(17-9)8-13(6,15)16)14-19-11(2,3)12(4,5)20-14/h7H,8H2,1-6H3. The third kappa shape index (κ3) is 2.88. The minimum absolute atomic E-state index is 0.451. The lowest BCUT2D eigenvalue weighted by Crippen LogP contribution is -2.41. The van der Waals surface area contributed by atoms with Gasteiger partial charge in [-0.05, 0) is 34.6 Å². The highest BCUT2D eigenvalue weighted by atomic mass is 19.3. The number of halogens is 2. The molecule has 1 aliphatic heterocycles. The van der Waals surface area contributed by atoms with Gasteiger partial charge in [0.1, 0.15) is 6.54 Å². The molecule has 1 aromatic heterocycles. The molecule has 0 radical (unpaired) electrons. The molecule has 0 aromatic carbocycles. The summed E-state index contributed by atoms with van der Waals surface area (Å²) in [6, 6.07) is 0. The van der Waals surface area contributed by atoms with E-state index in [2.05, 4.69) is 5.10 Å². The predicted octanol–water partition coefficient (Wildman–Crippen LogP) is 2.15. The number of aryl methyl sites for hydroxylation is 1. The summed E-state index contributed by atoms with van der Waals surface area (Å²) in [4.78, 5) is 0. The lowest BCUT2D eigenvalue weighted by atomic mass is 9.79. The van der Waals surface area contributed by atoms with Crippen LogP contribution in [0.3, 0.4) is 0 Å². The molecule has 0 N–H and O–H groups in total. The van der Waals surface area contributed by atoms with Crippen LogP contribution in [-0.2, 0) is 15.9 Å². The number of aromatic nitrogens is 2. The molecule has 0 bridgehead atoms. The Kier molecular flexibility index (Phi) is 3.50. The molecule has 2 rings (SSSR count). The average molecular weight is 286 g/mol. The molecule has 1 saturated heterocycles. The second-order valence-electron chi connectivity index (χ2n) is 6.53. The van der Waals surface area contributed by atoms with Crippen LogP contribution < -0.4 is 5.46 Å². The maximum Gasteiger partial charge on any atom is 0.498 e. The highest BCUT2D eigenvalue weighted by Gasteiger charge is 2.52. The Morgan fingerprint density at radius 3 is 2.20 bits per heavy atom. The fourth-order valence-corrected chi connectivity index (χ4v) is 2.10. The molecule has 1 fully saturated rings. The topological polar surface area (TPSA) is 36.3 Å². The summed E-state index contributed by atoms with van der Waals surface area (Å²) >= 11 is 0. The second kappa shape index (κ2) is 4.53. The van der Waals surface area contributed by atoms with Crippen molar-refractivity contribution in [2.75, 3.05) is 0 Å². The predicted molar refractivity (Wildman–Crippen MR) is 73.3 cm³/mol. The molecule has 0 unspecified atom stereocenters. The van der Waals surface area contributed by atoms with Gasteiger partial charge in [0.15, 0.2) is 0 Å². The highest BCUT2D eigenvalue weighted by molar-refractivity contribution is 6.62. The molecule has 1 aliphatic rings. The Morgan fingerprint density at radius 1 is 1.25 bits per heavy atom. The van der Waals surface area contributed by atoms with Crippen molar-refractivity contribution < 1.29 is 18.1 Å². The van der Waals surface area contributed by atoms with Crippen LogP contribution in [0.15, 0.2) is 6.20 Å². The van der Waals surface area contributed by atoms with Gasteiger partial charge in [0.25, 0.3) is 5.92 Å². The summed E-state index contributed by atoms with van der Waals surface area (Å²) in [6.07, 6.45) is 1.58. The summed E-state index contributed by atoms with van der Waals surface area (Å²) in [7, 11) is -0.570. The van der Waals surface area contributed by atoms with E-state index in [9.17, 15) is 8.78 Å². The summed E-state index contributed by atoms with van der Waals surface area (Å²) < 4.78 is 39.2. The Bertz CT molecular complexity index is 493. The third-order valence-corrected chi connectivity index (χ3v) is 3.93. The summed E-state index contributed by atoms with van der Waals surface area (Å²) in [5.41, 5.74) is 0.433. The van der Waals surface area contributed by atoms with E-state index in [1.807, 2.05) is 27.7 Å². The number of hydrogen-bond donors (Lipinski definition) is 0. The van der Waals surface area contributed by atoms with Gasteiger partial charge in [-0.25, -0.2) is 8.78 Å². The van der Waals surface area contributed by atoms with Crippen LogP contribution in [0.5, 0.6) is 0 Å². The molecular formula is C13H21BF2N2O2. The van der Waals surface area contributed by atoms with E-state index in [-0.39, 0.29) is 0 Å². The van der Waals surface area contributed by atoms with Crippen molar-refractivity contribution in [3.63, 3.8) is 0 Å². The molecule has 7 heteroatoms. The summed E-state index contributed by atoms with van der Waals surface area (Å²) in [5, 5.41) is 4.11. The molecule has 0 atom stereocenters. The Hall–Kier alpha value is -0.945. The van der Waals surface area contributed by atoms with Crippen molar-refractivity contribution in [3.05, 3.63) is 11.9 Å². The van der Waals surface area contributed by atoms with Crippen molar-refractivity contribution in [2.24, 2.45) is 0 Å². The number of hydrogen-bond acceptors (Lipinski definition) is 3. The smallest absolute Gasteiger partial charge is 0.399 e. The SMILES string of the molecule is Cc1nn(CC(C)(F)F)cc1B1OC(C)(C)C(C)(C)O1. The molecular weight excluding hydrogens is 265 g/mol. The summed E-state index contributed by atoms with van der Waals surface area (Å²) in [5.74, 6) is -2.80. The lowest BCUT2D eigenvalue weighted by molar-refractivity contribution is 0.000543. The van der Waals surface area contributed by atoms with E-state index in [0.717, 1.165) is 6.92 Å². The maximum absolute atomic E-state index is 13.0. The second-order valence-corrected chi connectivity index (χ2v) is 6.53. The molecule has 112 valence electrons. The third-order valence-electron chi connectivity index (χ3n) is 3.93. The Labute approximate surface area is 118 Å². The van der Waals surface area contributed by atoms with Crippen molar-refractivity contribution in [3.8, 4) is 0 Å². The van der Waals surface area contributed by atoms with E-state index in [1.165, 1.54) is 4.68 Å². The first-order valence-electron chi connectivity index (χ1n) is 6.69. The van der Waals surface area contributed by atoms with E-state index >= 15 is 0 Å². The molecule has 2 heterocycles. The van der Waals surface area contributed by atoms with Gasteiger partial charge in [-0.15, -0.1) is 0 Å². The lowest BCUT2D eigenvalue weighted by Gasteiger charge is -2.32. The van der Waals surface area contributed by atoms with Crippen molar-refractivity contribution in [1.29, 1.82) is 0 Å². The van der Waals surface area contributed by atoms with Crippen molar-refractivity contribution >= 4 is 12.6 Å².